The molecule has 2 aromatic heterocycles. The molecule has 6 heteroatoms. The number of ether oxygens (including phenoxy) is 1. The molecule has 0 aliphatic carbocycles. The molecule has 0 atom stereocenters. The SMILES string of the molecule is COc1ncccc1CNC(=O)Cc1csc(Cc2ccccc2)n1. The zero-order valence-electron chi connectivity index (χ0n) is 13.9. The Kier molecular flexibility index (Phi) is 5.74. The molecule has 128 valence electrons. The van der Waals surface area contributed by atoms with Gasteiger partial charge in [-0.05, 0) is 11.6 Å². The number of pyridine rings is 1. The average molecular weight is 353 g/mol. The molecule has 25 heavy (non-hydrogen) atoms. The minimum absolute atomic E-state index is 0.0672. The fraction of sp³-hybridized carbons (Fsp3) is 0.211. The van der Waals surface area contributed by atoms with Crippen LogP contribution in [0.15, 0.2) is 54.0 Å². The number of nitrogens with one attached hydrogen (secondary N) is 1. The highest BCUT2D eigenvalue weighted by atomic mass is 32.1. The van der Waals surface area contributed by atoms with Gasteiger partial charge in [-0.2, -0.15) is 0 Å². The molecule has 5 nitrogen and oxygen atoms in total. The number of rotatable bonds is 7. The highest BCUT2D eigenvalue weighted by molar-refractivity contribution is 7.09. The van der Waals surface area contributed by atoms with Gasteiger partial charge in [0, 0.05) is 30.1 Å². The molecule has 0 bridgehead atoms. The Morgan fingerprint density at radius 1 is 1.20 bits per heavy atom. The first-order valence-electron chi connectivity index (χ1n) is 7.96. The van der Waals surface area contributed by atoms with Gasteiger partial charge in [0.05, 0.1) is 24.2 Å². The Morgan fingerprint density at radius 3 is 2.84 bits per heavy atom. The smallest absolute Gasteiger partial charge is 0.226 e. The van der Waals surface area contributed by atoms with Gasteiger partial charge < -0.3 is 10.1 Å². The molecular formula is C19H19N3O2S. The monoisotopic (exact) mass is 353 g/mol. The van der Waals surface area contributed by atoms with Crippen molar-refractivity contribution in [3.05, 3.63) is 75.9 Å². The van der Waals surface area contributed by atoms with Crippen molar-refractivity contribution >= 4 is 17.2 Å². The normalized spacial score (nSPS) is 10.4. The molecule has 0 aliphatic rings. The van der Waals surface area contributed by atoms with Crippen LogP contribution in [-0.2, 0) is 24.2 Å². The molecule has 0 saturated heterocycles. The van der Waals surface area contributed by atoms with E-state index in [9.17, 15) is 4.79 Å². The zero-order chi connectivity index (χ0) is 17.5. The van der Waals surface area contributed by atoms with Crippen molar-refractivity contribution in [3.8, 4) is 5.88 Å². The summed E-state index contributed by atoms with van der Waals surface area (Å²) in [5.41, 5.74) is 2.87. The molecule has 0 aliphatic heterocycles. The molecule has 1 N–H and O–H groups in total. The van der Waals surface area contributed by atoms with E-state index in [0.29, 0.717) is 12.4 Å². The van der Waals surface area contributed by atoms with Gasteiger partial charge in [-0.15, -0.1) is 11.3 Å². The van der Waals surface area contributed by atoms with Crippen LogP contribution in [0.25, 0.3) is 0 Å². The van der Waals surface area contributed by atoms with Crippen LogP contribution in [0.2, 0.25) is 0 Å². The minimum Gasteiger partial charge on any atom is -0.481 e. The third-order valence-electron chi connectivity index (χ3n) is 3.66. The summed E-state index contributed by atoms with van der Waals surface area (Å²) < 4.78 is 5.18. The third kappa shape index (κ3) is 4.87. The van der Waals surface area contributed by atoms with Crippen LogP contribution < -0.4 is 10.1 Å². The van der Waals surface area contributed by atoms with Crippen molar-refractivity contribution in [3.63, 3.8) is 0 Å². The lowest BCUT2D eigenvalue weighted by Crippen LogP contribution is -2.25. The van der Waals surface area contributed by atoms with Gasteiger partial charge in [0.25, 0.3) is 0 Å². The van der Waals surface area contributed by atoms with E-state index in [1.54, 1.807) is 24.6 Å². The van der Waals surface area contributed by atoms with E-state index in [1.807, 2.05) is 35.7 Å². The summed E-state index contributed by atoms with van der Waals surface area (Å²) in [6, 6.07) is 13.9. The van der Waals surface area contributed by atoms with Crippen molar-refractivity contribution < 1.29 is 9.53 Å². The van der Waals surface area contributed by atoms with E-state index in [4.69, 9.17) is 4.74 Å². The number of amides is 1. The Bertz CT molecular complexity index is 833. The molecule has 3 aromatic rings. The van der Waals surface area contributed by atoms with Crippen LogP contribution >= 0.6 is 11.3 Å². The molecule has 0 fully saturated rings. The predicted octanol–water partition coefficient (Wildman–Crippen LogP) is 3.00. The van der Waals surface area contributed by atoms with Crippen LogP contribution in [0.5, 0.6) is 5.88 Å². The summed E-state index contributed by atoms with van der Waals surface area (Å²) in [5.74, 6) is 0.462. The van der Waals surface area contributed by atoms with E-state index < -0.39 is 0 Å². The second-order valence-electron chi connectivity index (χ2n) is 5.52. The summed E-state index contributed by atoms with van der Waals surface area (Å²) in [6.45, 7) is 0.386. The maximum Gasteiger partial charge on any atom is 0.226 e. The summed E-state index contributed by atoms with van der Waals surface area (Å²) in [4.78, 5) is 20.8. The summed E-state index contributed by atoms with van der Waals surface area (Å²) in [6.07, 6.45) is 2.72. The van der Waals surface area contributed by atoms with E-state index in [1.165, 1.54) is 5.56 Å². The van der Waals surface area contributed by atoms with Gasteiger partial charge in [0.1, 0.15) is 0 Å². The fourth-order valence-corrected chi connectivity index (χ4v) is 3.27. The second kappa shape index (κ2) is 8.39. The number of carbonyl (C=O) groups is 1. The number of nitrogens with zero attached hydrogens (tertiary/aromatic N) is 2. The lowest BCUT2D eigenvalue weighted by atomic mass is 10.2. The maximum atomic E-state index is 12.1. The number of hydrogen-bond donors (Lipinski definition) is 1. The van der Waals surface area contributed by atoms with Crippen molar-refractivity contribution in [2.75, 3.05) is 7.11 Å². The van der Waals surface area contributed by atoms with E-state index in [2.05, 4.69) is 27.4 Å². The Balaban J connectivity index is 1.53. The lowest BCUT2D eigenvalue weighted by molar-refractivity contribution is -0.120. The van der Waals surface area contributed by atoms with Crippen LogP contribution in [0.3, 0.4) is 0 Å². The van der Waals surface area contributed by atoms with Crippen LogP contribution in [0, 0.1) is 0 Å². The molecular weight excluding hydrogens is 334 g/mol. The van der Waals surface area contributed by atoms with Crippen LogP contribution in [-0.4, -0.2) is 23.0 Å². The highest BCUT2D eigenvalue weighted by Gasteiger charge is 2.10. The topological polar surface area (TPSA) is 64.1 Å². The van der Waals surface area contributed by atoms with E-state index in [-0.39, 0.29) is 12.3 Å². The molecule has 2 heterocycles. The number of aromatic nitrogens is 2. The molecule has 3 rings (SSSR count). The highest BCUT2D eigenvalue weighted by Crippen LogP contribution is 2.16. The largest absolute Gasteiger partial charge is 0.481 e. The van der Waals surface area contributed by atoms with Gasteiger partial charge in [0.15, 0.2) is 0 Å². The van der Waals surface area contributed by atoms with Crippen LogP contribution in [0.1, 0.15) is 21.8 Å². The molecule has 0 radical (unpaired) electrons. The first-order valence-corrected chi connectivity index (χ1v) is 8.84. The molecule has 0 unspecified atom stereocenters. The van der Waals surface area contributed by atoms with Gasteiger partial charge in [-0.3, -0.25) is 4.79 Å². The standard InChI is InChI=1S/C19H19N3O2S/c1-24-19-15(8-5-9-20-19)12-21-17(23)11-16-13-25-18(22-16)10-14-6-3-2-4-7-14/h2-9,13H,10-12H2,1H3,(H,21,23). The average Bonchev–Trinajstić information content (AvgIpc) is 3.07. The number of hydrogen-bond acceptors (Lipinski definition) is 5. The summed E-state index contributed by atoms with van der Waals surface area (Å²) in [7, 11) is 1.57. The van der Waals surface area contributed by atoms with Gasteiger partial charge in [-0.25, -0.2) is 9.97 Å². The van der Waals surface area contributed by atoms with Crippen LogP contribution in [0.4, 0.5) is 0 Å². The number of carbonyl (C=O) groups excluding carboxylic acids is 1. The molecule has 0 saturated carbocycles. The van der Waals surface area contributed by atoms with E-state index in [0.717, 1.165) is 22.7 Å². The maximum absolute atomic E-state index is 12.1. The molecule has 0 spiro atoms. The van der Waals surface area contributed by atoms with Crippen molar-refractivity contribution in [1.29, 1.82) is 0 Å². The fourth-order valence-electron chi connectivity index (χ4n) is 2.45. The molecule has 1 aromatic carbocycles. The number of thiazole rings is 1. The second-order valence-corrected chi connectivity index (χ2v) is 6.46. The number of benzene rings is 1. The Morgan fingerprint density at radius 2 is 2.04 bits per heavy atom. The van der Waals surface area contributed by atoms with Crippen molar-refractivity contribution in [2.24, 2.45) is 0 Å². The van der Waals surface area contributed by atoms with Crippen molar-refractivity contribution in [1.82, 2.24) is 15.3 Å². The summed E-state index contributed by atoms with van der Waals surface area (Å²) in [5, 5.41) is 5.85. The van der Waals surface area contributed by atoms with Gasteiger partial charge in [-0.1, -0.05) is 36.4 Å². The minimum atomic E-state index is -0.0672. The first-order chi connectivity index (χ1) is 12.2. The third-order valence-corrected chi connectivity index (χ3v) is 4.56. The number of methoxy groups -OCH3 is 1. The van der Waals surface area contributed by atoms with Gasteiger partial charge >= 0.3 is 0 Å². The first kappa shape index (κ1) is 17.1. The quantitative estimate of drug-likeness (QED) is 0.709. The predicted molar refractivity (Wildman–Crippen MR) is 97.7 cm³/mol. The van der Waals surface area contributed by atoms with E-state index >= 15 is 0 Å². The summed E-state index contributed by atoms with van der Waals surface area (Å²) >= 11 is 1.59. The Labute approximate surface area is 150 Å². The zero-order valence-corrected chi connectivity index (χ0v) is 14.8. The lowest BCUT2D eigenvalue weighted by Gasteiger charge is -2.07. The van der Waals surface area contributed by atoms with Gasteiger partial charge in [0.2, 0.25) is 11.8 Å². The molecule has 1 amide bonds. The van der Waals surface area contributed by atoms with Crippen molar-refractivity contribution in [2.45, 2.75) is 19.4 Å². The Hall–Kier alpha value is -2.73.